The van der Waals surface area contributed by atoms with E-state index >= 15 is 0 Å². The van der Waals surface area contributed by atoms with Crippen molar-refractivity contribution in [2.75, 3.05) is 0 Å². The molecule has 3 nitrogen and oxygen atoms in total. The van der Waals surface area contributed by atoms with Crippen LogP contribution >= 0.6 is 0 Å². The van der Waals surface area contributed by atoms with Crippen LogP contribution in [0.3, 0.4) is 0 Å². The standard InChI is InChI=1S/C12H17NO2/c1-6(13-7(2)14)10-9(15)5-8-11(10)12(8,3)4/h8,11H,5H2,1-4H3,(H,13,14). The van der Waals surface area contributed by atoms with Gasteiger partial charge < -0.3 is 5.32 Å². The van der Waals surface area contributed by atoms with Crippen LogP contribution in [-0.2, 0) is 9.59 Å². The van der Waals surface area contributed by atoms with E-state index in [4.69, 9.17) is 0 Å². The van der Waals surface area contributed by atoms with Crippen LogP contribution in [0.5, 0.6) is 0 Å². The molecule has 2 saturated carbocycles. The Hall–Kier alpha value is -1.12. The first-order valence-corrected chi connectivity index (χ1v) is 5.37. The summed E-state index contributed by atoms with van der Waals surface area (Å²) in [4.78, 5) is 22.7. The number of amides is 1. The molecular formula is C12H17NO2. The zero-order chi connectivity index (χ0) is 11.4. The van der Waals surface area contributed by atoms with Crippen LogP contribution in [-0.4, -0.2) is 11.7 Å². The van der Waals surface area contributed by atoms with Crippen LogP contribution < -0.4 is 5.32 Å². The van der Waals surface area contributed by atoms with Gasteiger partial charge in [0, 0.05) is 24.6 Å². The highest BCUT2D eigenvalue weighted by Gasteiger charge is 2.65. The normalized spacial score (nSPS) is 34.8. The van der Waals surface area contributed by atoms with Gasteiger partial charge in [-0.3, -0.25) is 9.59 Å². The van der Waals surface area contributed by atoms with Crippen molar-refractivity contribution in [3.05, 3.63) is 11.3 Å². The maximum Gasteiger partial charge on any atom is 0.220 e. The molecule has 0 bridgehead atoms. The lowest BCUT2D eigenvalue weighted by Crippen LogP contribution is -2.22. The number of Topliss-reactive ketones (excluding diaryl/α,β-unsaturated/α-hetero) is 1. The third kappa shape index (κ3) is 1.41. The lowest BCUT2D eigenvalue weighted by molar-refractivity contribution is -0.118. The van der Waals surface area contributed by atoms with E-state index in [1.807, 2.05) is 6.92 Å². The van der Waals surface area contributed by atoms with E-state index in [1.165, 1.54) is 6.92 Å². The predicted octanol–water partition coefficient (Wildman–Crippen LogP) is 1.64. The SMILES string of the molecule is CC(=O)NC(C)=C1C(=O)CC2C1C2(C)C. The van der Waals surface area contributed by atoms with Gasteiger partial charge in [-0.15, -0.1) is 0 Å². The fraction of sp³-hybridized carbons (Fsp3) is 0.667. The minimum absolute atomic E-state index is 0.102. The Labute approximate surface area is 89.9 Å². The smallest absolute Gasteiger partial charge is 0.220 e. The van der Waals surface area contributed by atoms with Crippen molar-refractivity contribution in [3.8, 4) is 0 Å². The Morgan fingerprint density at radius 1 is 1.40 bits per heavy atom. The van der Waals surface area contributed by atoms with Crippen molar-refractivity contribution in [1.82, 2.24) is 5.32 Å². The van der Waals surface area contributed by atoms with Gasteiger partial charge in [0.05, 0.1) is 0 Å². The summed E-state index contributed by atoms with van der Waals surface area (Å²) in [6.07, 6.45) is 0.657. The van der Waals surface area contributed by atoms with E-state index in [0.29, 0.717) is 18.3 Å². The summed E-state index contributed by atoms with van der Waals surface area (Å²) < 4.78 is 0. The molecule has 0 saturated heterocycles. The third-order valence-corrected chi connectivity index (χ3v) is 3.83. The predicted molar refractivity (Wildman–Crippen MR) is 56.9 cm³/mol. The van der Waals surface area contributed by atoms with Crippen molar-refractivity contribution < 1.29 is 9.59 Å². The summed E-state index contributed by atoms with van der Waals surface area (Å²) >= 11 is 0. The second-order valence-electron chi connectivity index (χ2n) is 5.25. The first kappa shape index (κ1) is 10.4. The van der Waals surface area contributed by atoms with Gasteiger partial charge in [0.15, 0.2) is 5.78 Å². The molecule has 2 atom stereocenters. The number of nitrogens with one attached hydrogen (secondary N) is 1. The number of fused-ring (bicyclic) bond motifs is 1. The van der Waals surface area contributed by atoms with Crippen molar-refractivity contribution in [1.29, 1.82) is 0 Å². The van der Waals surface area contributed by atoms with Gasteiger partial charge in [0.2, 0.25) is 5.91 Å². The van der Waals surface area contributed by atoms with Crippen LogP contribution in [0.2, 0.25) is 0 Å². The zero-order valence-corrected chi connectivity index (χ0v) is 9.68. The van der Waals surface area contributed by atoms with Crippen molar-refractivity contribution >= 4 is 11.7 Å². The van der Waals surface area contributed by atoms with Crippen molar-refractivity contribution in [2.45, 2.75) is 34.1 Å². The average Bonchev–Trinajstić information content (AvgIpc) is 2.49. The van der Waals surface area contributed by atoms with Crippen LogP contribution in [0.4, 0.5) is 0 Å². The Balaban J connectivity index is 2.28. The minimum Gasteiger partial charge on any atom is -0.330 e. The molecule has 0 aliphatic heterocycles. The molecule has 3 heteroatoms. The van der Waals surface area contributed by atoms with Crippen LogP contribution in [0, 0.1) is 17.3 Å². The summed E-state index contributed by atoms with van der Waals surface area (Å²) in [6, 6.07) is 0. The van der Waals surface area contributed by atoms with E-state index < -0.39 is 0 Å². The van der Waals surface area contributed by atoms with E-state index in [9.17, 15) is 9.59 Å². The fourth-order valence-electron chi connectivity index (χ4n) is 2.96. The van der Waals surface area contributed by atoms with Crippen molar-refractivity contribution in [3.63, 3.8) is 0 Å². The van der Waals surface area contributed by atoms with Gasteiger partial charge in [-0.2, -0.15) is 0 Å². The monoisotopic (exact) mass is 207 g/mol. The van der Waals surface area contributed by atoms with E-state index in [0.717, 1.165) is 11.3 Å². The molecule has 0 aromatic rings. The number of allylic oxidation sites excluding steroid dienone is 2. The maximum absolute atomic E-state index is 11.7. The minimum atomic E-state index is -0.102. The summed E-state index contributed by atoms with van der Waals surface area (Å²) in [5.41, 5.74) is 1.87. The van der Waals surface area contributed by atoms with Gasteiger partial charge in [0.25, 0.3) is 0 Å². The number of hydrogen-bond acceptors (Lipinski definition) is 2. The molecule has 0 radical (unpaired) electrons. The number of ketones is 1. The van der Waals surface area contributed by atoms with Crippen LogP contribution in [0.25, 0.3) is 0 Å². The Morgan fingerprint density at radius 3 is 2.47 bits per heavy atom. The number of carbonyl (C=O) groups excluding carboxylic acids is 2. The lowest BCUT2D eigenvalue weighted by atomic mass is 9.95. The highest BCUT2D eigenvalue weighted by molar-refractivity contribution is 6.01. The summed E-state index contributed by atoms with van der Waals surface area (Å²) in [5.74, 6) is 0.992. The van der Waals surface area contributed by atoms with Gasteiger partial charge in [-0.25, -0.2) is 0 Å². The number of hydrogen-bond donors (Lipinski definition) is 1. The molecule has 15 heavy (non-hydrogen) atoms. The number of carbonyl (C=O) groups is 2. The molecule has 0 spiro atoms. The van der Waals surface area contributed by atoms with Crippen LogP contribution in [0.15, 0.2) is 11.3 Å². The topological polar surface area (TPSA) is 46.2 Å². The Bertz CT molecular complexity index is 379. The molecule has 0 heterocycles. The molecular weight excluding hydrogens is 190 g/mol. The lowest BCUT2D eigenvalue weighted by Gasteiger charge is -2.12. The van der Waals surface area contributed by atoms with E-state index in [-0.39, 0.29) is 17.1 Å². The van der Waals surface area contributed by atoms with Gasteiger partial charge in [-0.1, -0.05) is 13.8 Å². The van der Waals surface area contributed by atoms with E-state index in [1.54, 1.807) is 0 Å². The second-order valence-corrected chi connectivity index (χ2v) is 5.25. The second kappa shape index (κ2) is 2.94. The average molecular weight is 207 g/mol. The molecule has 1 amide bonds. The van der Waals surface area contributed by atoms with Crippen molar-refractivity contribution in [2.24, 2.45) is 17.3 Å². The Morgan fingerprint density at radius 2 is 2.00 bits per heavy atom. The summed E-state index contributed by atoms with van der Waals surface area (Å²) in [5, 5.41) is 2.73. The molecule has 1 N–H and O–H groups in total. The molecule has 2 rings (SSSR count). The summed E-state index contributed by atoms with van der Waals surface area (Å²) in [7, 11) is 0. The number of rotatable bonds is 1. The fourth-order valence-corrected chi connectivity index (χ4v) is 2.96. The van der Waals surface area contributed by atoms with Gasteiger partial charge in [-0.05, 0) is 24.2 Å². The molecule has 0 aromatic heterocycles. The first-order valence-electron chi connectivity index (χ1n) is 5.37. The molecule has 2 aliphatic rings. The largest absolute Gasteiger partial charge is 0.330 e. The first-order chi connectivity index (χ1) is 6.85. The van der Waals surface area contributed by atoms with E-state index in [2.05, 4.69) is 19.2 Å². The third-order valence-electron chi connectivity index (χ3n) is 3.83. The quantitative estimate of drug-likeness (QED) is 0.664. The molecule has 2 unspecified atom stereocenters. The zero-order valence-electron chi connectivity index (χ0n) is 9.68. The Kier molecular flexibility index (Phi) is 2.04. The molecule has 2 aliphatic carbocycles. The highest BCUT2D eigenvalue weighted by Crippen LogP contribution is 2.68. The molecule has 2 fully saturated rings. The highest BCUT2D eigenvalue weighted by atomic mass is 16.1. The van der Waals surface area contributed by atoms with Gasteiger partial charge in [0.1, 0.15) is 0 Å². The van der Waals surface area contributed by atoms with Crippen LogP contribution in [0.1, 0.15) is 34.1 Å². The maximum atomic E-state index is 11.7. The van der Waals surface area contributed by atoms with Gasteiger partial charge >= 0.3 is 0 Å². The summed E-state index contributed by atoms with van der Waals surface area (Å²) in [6.45, 7) is 7.68. The molecule has 0 aromatic carbocycles. The molecule has 82 valence electrons.